The molecule has 0 aliphatic rings. The lowest BCUT2D eigenvalue weighted by molar-refractivity contribution is -0.378. The van der Waals surface area contributed by atoms with E-state index < -0.39 is 0 Å². The van der Waals surface area contributed by atoms with Crippen LogP contribution in [0.2, 0.25) is 0 Å². The van der Waals surface area contributed by atoms with Crippen LogP contribution in [-0.4, -0.2) is 13.2 Å². The van der Waals surface area contributed by atoms with Gasteiger partial charge in [0.25, 0.3) is 0 Å². The zero-order valence-corrected chi connectivity index (χ0v) is 11.9. The monoisotopic (exact) mass is 270 g/mol. The van der Waals surface area contributed by atoms with Gasteiger partial charge in [-0.25, -0.2) is 4.98 Å². The van der Waals surface area contributed by atoms with Crippen LogP contribution in [-0.2, 0) is 0 Å². The van der Waals surface area contributed by atoms with Gasteiger partial charge in [-0.2, -0.15) is 0 Å². The van der Waals surface area contributed by atoms with E-state index in [0.29, 0.717) is 13.2 Å². The molecule has 0 radical (unpaired) electrons. The highest BCUT2D eigenvalue weighted by Gasteiger charge is 2.04. The molecule has 0 spiro atoms. The molecule has 0 bridgehead atoms. The fourth-order valence-electron chi connectivity index (χ4n) is 1.87. The van der Waals surface area contributed by atoms with Crippen molar-refractivity contribution in [2.75, 3.05) is 13.2 Å². The van der Waals surface area contributed by atoms with E-state index in [1.165, 1.54) is 0 Å². The van der Waals surface area contributed by atoms with Crippen molar-refractivity contribution in [2.45, 2.75) is 13.8 Å². The van der Waals surface area contributed by atoms with Crippen molar-refractivity contribution in [1.82, 2.24) is 0 Å². The van der Waals surface area contributed by atoms with Gasteiger partial charge in [0.2, 0.25) is 0 Å². The topological polar surface area (TPSA) is 32.6 Å². The minimum atomic E-state index is 0.627. The van der Waals surface area contributed by atoms with Gasteiger partial charge in [-0.3, -0.25) is 0 Å². The molecule has 0 atom stereocenters. The Labute approximate surface area is 119 Å². The van der Waals surface area contributed by atoms with Gasteiger partial charge in [0, 0.05) is 12.1 Å². The van der Waals surface area contributed by atoms with E-state index in [-0.39, 0.29) is 0 Å². The quantitative estimate of drug-likeness (QED) is 0.805. The summed E-state index contributed by atoms with van der Waals surface area (Å²) in [7, 11) is 0. The van der Waals surface area contributed by atoms with Crippen LogP contribution in [0, 0.1) is 0 Å². The molecule has 0 unspecified atom stereocenters. The van der Waals surface area contributed by atoms with Crippen LogP contribution in [0.4, 0.5) is 0 Å². The molecule has 2 rings (SSSR count). The Hall–Kier alpha value is -2.29. The number of nitrogens with one attached hydrogen (secondary N) is 1. The van der Waals surface area contributed by atoms with Gasteiger partial charge >= 0.3 is 0 Å². The SMILES string of the molecule is CCOc1ccc(/C=C/c2cc[nH+]cc2)cc1OCC. The summed E-state index contributed by atoms with van der Waals surface area (Å²) in [5.41, 5.74) is 2.24. The largest absolute Gasteiger partial charge is 0.490 e. The number of aromatic nitrogens is 1. The second-order valence-electron chi connectivity index (χ2n) is 4.24. The highest BCUT2D eigenvalue weighted by molar-refractivity contribution is 5.70. The molecule has 1 heterocycles. The summed E-state index contributed by atoms with van der Waals surface area (Å²) in [6, 6.07) is 10.0. The molecule has 0 amide bonds. The molecule has 0 aliphatic heterocycles. The number of pyridine rings is 1. The third kappa shape index (κ3) is 3.85. The summed E-state index contributed by atoms with van der Waals surface area (Å²) in [5.74, 6) is 1.58. The Balaban J connectivity index is 2.20. The van der Waals surface area contributed by atoms with Crippen LogP contribution >= 0.6 is 0 Å². The molecule has 20 heavy (non-hydrogen) atoms. The van der Waals surface area contributed by atoms with Crippen molar-refractivity contribution in [1.29, 1.82) is 0 Å². The first-order chi connectivity index (χ1) is 9.83. The molecule has 3 heteroatoms. The molecule has 0 fully saturated rings. The molecule has 104 valence electrons. The molecular formula is C17H20NO2+. The first-order valence-electron chi connectivity index (χ1n) is 6.87. The van der Waals surface area contributed by atoms with Crippen molar-refractivity contribution in [3.63, 3.8) is 0 Å². The maximum atomic E-state index is 5.62. The zero-order chi connectivity index (χ0) is 14.2. The fraction of sp³-hybridized carbons (Fsp3) is 0.235. The number of ether oxygens (including phenoxy) is 2. The average molecular weight is 270 g/mol. The van der Waals surface area contributed by atoms with Crippen molar-refractivity contribution in [2.24, 2.45) is 0 Å². The number of aromatic amines is 1. The minimum absolute atomic E-state index is 0.627. The smallest absolute Gasteiger partial charge is 0.167 e. The first-order valence-corrected chi connectivity index (χ1v) is 6.87. The molecule has 1 N–H and O–H groups in total. The van der Waals surface area contributed by atoms with Crippen LogP contribution in [0.1, 0.15) is 25.0 Å². The lowest BCUT2D eigenvalue weighted by Gasteiger charge is -2.11. The number of H-pyrrole nitrogens is 1. The van der Waals surface area contributed by atoms with Gasteiger partial charge in [-0.05, 0) is 37.1 Å². The van der Waals surface area contributed by atoms with E-state index in [2.05, 4.69) is 17.1 Å². The minimum Gasteiger partial charge on any atom is -0.490 e. The summed E-state index contributed by atoms with van der Waals surface area (Å²) in [6.45, 7) is 5.20. The van der Waals surface area contributed by atoms with E-state index in [4.69, 9.17) is 9.47 Å². The van der Waals surface area contributed by atoms with Gasteiger partial charge in [0.15, 0.2) is 23.9 Å². The highest BCUT2D eigenvalue weighted by atomic mass is 16.5. The number of hydrogen-bond acceptors (Lipinski definition) is 2. The molecular weight excluding hydrogens is 250 g/mol. The summed E-state index contributed by atoms with van der Waals surface area (Å²) in [6.07, 6.45) is 7.94. The molecule has 0 saturated carbocycles. The fourth-order valence-corrected chi connectivity index (χ4v) is 1.87. The van der Waals surface area contributed by atoms with E-state index in [1.54, 1.807) is 0 Å². The standard InChI is InChI=1S/C17H19NO2/c1-3-19-16-8-7-15(13-17(16)20-4-2)6-5-14-9-11-18-12-10-14/h5-13H,3-4H2,1-2H3/p+1/b6-5+. The maximum absolute atomic E-state index is 5.62. The maximum Gasteiger partial charge on any atom is 0.167 e. The van der Waals surface area contributed by atoms with E-state index in [1.807, 2.05) is 56.6 Å². The lowest BCUT2D eigenvalue weighted by Crippen LogP contribution is -1.98. The molecule has 2 aromatic rings. The van der Waals surface area contributed by atoms with Crippen molar-refractivity contribution < 1.29 is 14.5 Å². The van der Waals surface area contributed by atoms with Crippen molar-refractivity contribution >= 4 is 12.2 Å². The van der Waals surface area contributed by atoms with E-state index >= 15 is 0 Å². The number of benzene rings is 1. The second kappa shape index (κ2) is 7.34. The predicted molar refractivity (Wildman–Crippen MR) is 80.7 cm³/mol. The molecule has 0 saturated heterocycles. The first kappa shape index (κ1) is 14.1. The van der Waals surface area contributed by atoms with Gasteiger partial charge in [-0.1, -0.05) is 18.2 Å². The summed E-state index contributed by atoms with van der Waals surface area (Å²) in [5, 5.41) is 0. The molecule has 1 aromatic carbocycles. The van der Waals surface area contributed by atoms with Gasteiger partial charge in [0.05, 0.1) is 13.2 Å². The Morgan fingerprint density at radius 1 is 0.850 bits per heavy atom. The van der Waals surface area contributed by atoms with Crippen LogP contribution in [0.5, 0.6) is 11.5 Å². The third-order valence-electron chi connectivity index (χ3n) is 2.78. The van der Waals surface area contributed by atoms with Crippen LogP contribution in [0.3, 0.4) is 0 Å². The lowest BCUT2D eigenvalue weighted by atomic mass is 10.1. The Bertz CT molecular complexity index is 564. The molecule has 0 aliphatic carbocycles. The van der Waals surface area contributed by atoms with Crippen molar-refractivity contribution in [3.05, 3.63) is 53.9 Å². The Morgan fingerprint density at radius 2 is 1.50 bits per heavy atom. The van der Waals surface area contributed by atoms with Crippen LogP contribution < -0.4 is 14.5 Å². The van der Waals surface area contributed by atoms with Crippen LogP contribution in [0.25, 0.3) is 12.2 Å². The number of rotatable bonds is 6. The summed E-state index contributed by atoms with van der Waals surface area (Å²) >= 11 is 0. The summed E-state index contributed by atoms with van der Waals surface area (Å²) in [4.78, 5) is 3.01. The zero-order valence-electron chi connectivity index (χ0n) is 11.9. The van der Waals surface area contributed by atoms with E-state index in [9.17, 15) is 0 Å². The predicted octanol–water partition coefficient (Wildman–Crippen LogP) is 3.47. The third-order valence-corrected chi connectivity index (χ3v) is 2.78. The normalized spacial score (nSPS) is 10.7. The molecule has 1 aromatic heterocycles. The second-order valence-corrected chi connectivity index (χ2v) is 4.24. The van der Waals surface area contributed by atoms with Gasteiger partial charge < -0.3 is 9.47 Å². The Kier molecular flexibility index (Phi) is 5.18. The number of hydrogen-bond donors (Lipinski definition) is 0. The van der Waals surface area contributed by atoms with E-state index in [0.717, 1.165) is 22.6 Å². The highest BCUT2D eigenvalue weighted by Crippen LogP contribution is 2.29. The molecule has 3 nitrogen and oxygen atoms in total. The Morgan fingerprint density at radius 3 is 2.20 bits per heavy atom. The van der Waals surface area contributed by atoms with Crippen molar-refractivity contribution in [3.8, 4) is 11.5 Å². The van der Waals surface area contributed by atoms with Gasteiger partial charge in [0.1, 0.15) is 0 Å². The van der Waals surface area contributed by atoms with Crippen LogP contribution in [0.15, 0.2) is 42.7 Å². The van der Waals surface area contributed by atoms with Gasteiger partial charge in [-0.15, -0.1) is 0 Å². The summed E-state index contributed by atoms with van der Waals surface area (Å²) < 4.78 is 11.2. The average Bonchev–Trinajstić information content (AvgIpc) is 2.49.